The number of alkyl halides is 3. The number of nitrogens with one attached hydrogen (secondary N) is 1. The van der Waals surface area contributed by atoms with Crippen molar-refractivity contribution in [3.8, 4) is 0 Å². The lowest BCUT2D eigenvalue weighted by Gasteiger charge is -2.12. The van der Waals surface area contributed by atoms with Gasteiger partial charge in [-0.15, -0.1) is 0 Å². The molecule has 7 heteroatoms. The molecule has 18 heavy (non-hydrogen) atoms. The van der Waals surface area contributed by atoms with Crippen LogP contribution in [0.1, 0.15) is 36.6 Å². The van der Waals surface area contributed by atoms with E-state index < -0.39 is 12.6 Å². The highest BCUT2D eigenvalue weighted by molar-refractivity contribution is 5.55. The van der Waals surface area contributed by atoms with Crippen molar-refractivity contribution in [1.29, 1.82) is 0 Å². The van der Waals surface area contributed by atoms with Gasteiger partial charge in [0.2, 0.25) is 0 Å². The maximum atomic E-state index is 12.1. The molecule has 0 aromatic carbocycles. The Kier molecular flexibility index (Phi) is 3.32. The summed E-state index contributed by atoms with van der Waals surface area (Å²) in [6, 6.07) is 0. The number of rotatable bonds is 4. The van der Waals surface area contributed by atoms with Gasteiger partial charge in [-0.1, -0.05) is 0 Å². The van der Waals surface area contributed by atoms with Crippen molar-refractivity contribution in [2.75, 3.05) is 17.6 Å². The van der Waals surface area contributed by atoms with E-state index in [2.05, 4.69) is 15.3 Å². The molecule has 0 radical (unpaired) electrons. The average molecular weight is 260 g/mol. The summed E-state index contributed by atoms with van der Waals surface area (Å²) in [6.07, 6.45) is -3.02. The molecular formula is C11H15F3N4. The molecule has 1 aliphatic rings. The normalized spacial score (nSPS) is 15.8. The molecule has 0 unspecified atom stereocenters. The van der Waals surface area contributed by atoms with Crippen LogP contribution in [0.3, 0.4) is 0 Å². The zero-order valence-electron chi connectivity index (χ0n) is 10.0. The molecule has 3 N–H and O–H groups in total. The number of aromatic nitrogens is 2. The lowest BCUT2D eigenvalue weighted by molar-refractivity contribution is -0.131. The molecule has 0 spiro atoms. The van der Waals surface area contributed by atoms with Crippen LogP contribution in [0.5, 0.6) is 0 Å². The summed E-state index contributed by atoms with van der Waals surface area (Å²) in [5, 5.41) is 2.68. The Morgan fingerprint density at radius 1 is 1.33 bits per heavy atom. The van der Waals surface area contributed by atoms with E-state index in [1.54, 1.807) is 6.92 Å². The molecule has 1 saturated carbocycles. The Morgan fingerprint density at radius 3 is 2.56 bits per heavy atom. The first-order valence-electron chi connectivity index (χ1n) is 5.81. The van der Waals surface area contributed by atoms with E-state index in [0.29, 0.717) is 28.9 Å². The third-order valence-corrected chi connectivity index (χ3v) is 2.84. The SMILES string of the molecule is Cc1c(N)nc(C2CC2)nc1NCCC(F)(F)F. The van der Waals surface area contributed by atoms with Crippen LogP contribution in [0.15, 0.2) is 0 Å². The molecule has 1 aromatic heterocycles. The maximum Gasteiger partial charge on any atom is 0.390 e. The molecule has 1 fully saturated rings. The first-order valence-corrected chi connectivity index (χ1v) is 5.81. The van der Waals surface area contributed by atoms with Crippen LogP contribution in [0, 0.1) is 6.92 Å². The number of nitrogens with zero attached hydrogens (tertiary/aromatic N) is 2. The smallest absolute Gasteiger partial charge is 0.383 e. The van der Waals surface area contributed by atoms with Crippen molar-refractivity contribution in [3.63, 3.8) is 0 Å². The summed E-state index contributed by atoms with van der Waals surface area (Å²) in [4.78, 5) is 8.40. The summed E-state index contributed by atoms with van der Waals surface area (Å²) in [7, 11) is 0. The molecule has 0 atom stereocenters. The zero-order chi connectivity index (χ0) is 13.3. The number of hydrogen-bond acceptors (Lipinski definition) is 4. The van der Waals surface area contributed by atoms with E-state index in [9.17, 15) is 13.2 Å². The van der Waals surface area contributed by atoms with E-state index in [1.807, 2.05) is 0 Å². The quantitative estimate of drug-likeness (QED) is 0.873. The van der Waals surface area contributed by atoms with Crippen molar-refractivity contribution in [2.24, 2.45) is 0 Å². The van der Waals surface area contributed by atoms with E-state index in [0.717, 1.165) is 12.8 Å². The fraction of sp³-hybridized carbons (Fsp3) is 0.636. The van der Waals surface area contributed by atoms with Crippen LogP contribution >= 0.6 is 0 Å². The van der Waals surface area contributed by atoms with Crippen LogP contribution in [0.4, 0.5) is 24.8 Å². The number of nitrogens with two attached hydrogens (primary N) is 1. The fourth-order valence-electron chi connectivity index (χ4n) is 1.57. The second-order valence-corrected chi connectivity index (χ2v) is 4.51. The Balaban J connectivity index is 2.06. The van der Waals surface area contributed by atoms with E-state index in [4.69, 9.17) is 5.73 Å². The van der Waals surface area contributed by atoms with Crippen LogP contribution in [-0.2, 0) is 0 Å². The van der Waals surface area contributed by atoms with E-state index >= 15 is 0 Å². The Labute approximate surface area is 103 Å². The van der Waals surface area contributed by atoms with Crippen LogP contribution < -0.4 is 11.1 Å². The van der Waals surface area contributed by atoms with Gasteiger partial charge in [0.25, 0.3) is 0 Å². The average Bonchev–Trinajstić information content (AvgIpc) is 3.05. The van der Waals surface area contributed by atoms with Crippen molar-refractivity contribution in [1.82, 2.24) is 9.97 Å². The van der Waals surface area contributed by atoms with Gasteiger partial charge in [0.15, 0.2) is 0 Å². The van der Waals surface area contributed by atoms with Crippen molar-refractivity contribution >= 4 is 11.6 Å². The van der Waals surface area contributed by atoms with Gasteiger partial charge in [-0.2, -0.15) is 13.2 Å². The number of halogens is 3. The monoisotopic (exact) mass is 260 g/mol. The summed E-state index contributed by atoms with van der Waals surface area (Å²) >= 11 is 0. The molecule has 1 aromatic rings. The third kappa shape index (κ3) is 3.24. The molecule has 100 valence electrons. The van der Waals surface area contributed by atoms with Crippen LogP contribution in [0.2, 0.25) is 0 Å². The Hall–Kier alpha value is -1.53. The van der Waals surface area contributed by atoms with Gasteiger partial charge in [-0.25, -0.2) is 9.97 Å². The molecule has 1 heterocycles. The molecule has 0 amide bonds. The van der Waals surface area contributed by atoms with Gasteiger partial charge < -0.3 is 11.1 Å². The maximum absolute atomic E-state index is 12.1. The second-order valence-electron chi connectivity index (χ2n) is 4.51. The third-order valence-electron chi connectivity index (χ3n) is 2.84. The highest BCUT2D eigenvalue weighted by Crippen LogP contribution is 2.39. The summed E-state index contributed by atoms with van der Waals surface area (Å²) in [5.41, 5.74) is 6.33. The Morgan fingerprint density at radius 2 is 2.00 bits per heavy atom. The Bertz CT molecular complexity index is 441. The minimum absolute atomic E-state index is 0.203. The van der Waals surface area contributed by atoms with Crippen LogP contribution in [0.25, 0.3) is 0 Å². The highest BCUT2D eigenvalue weighted by atomic mass is 19.4. The molecule has 0 aliphatic heterocycles. The standard InChI is InChI=1S/C11H15F3N4/c1-6-8(15)17-10(7-2-3-7)18-9(6)16-5-4-11(12,13)14/h7H,2-5H2,1H3,(H3,15,16,17,18). The van der Waals surface area contributed by atoms with Crippen molar-refractivity contribution in [2.45, 2.75) is 38.3 Å². The minimum atomic E-state index is -4.17. The first-order chi connectivity index (χ1) is 8.37. The van der Waals surface area contributed by atoms with Gasteiger partial charge in [-0.3, -0.25) is 0 Å². The summed E-state index contributed by atoms with van der Waals surface area (Å²) in [5.74, 6) is 1.69. The second kappa shape index (κ2) is 4.62. The van der Waals surface area contributed by atoms with E-state index in [1.165, 1.54) is 0 Å². The summed E-state index contributed by atoms with van der Waals surface area (Å²) < 4.78 is 36.2. The molecule has 4 nitrogen and oxygen atoms in total. The van der Waals surface area contributed by atoms with Crippen molar-refractivity contribution in [3.05, 3.63) is 11.4 Å². The number of anilines is 2. The highest BCUT2D eigenvalue weighted by Gasteiger charge is 2.29. The van der Waals surface area contributed by atoms with Crippen LogP contribution in [-0.4, -0.2) is 22.7 Å². The zero-order valence-corrected chi connectivity index (χ0v) is 10.0. The topological polar surface area (TPSA) is 63.8 Å². The molecular weight excluding hydrogens is 245 g/mol. The van der Waals surface area contributed by atoms with E-state index in [-0.39, 0.29) is 6.54 Å². The van der Waals surface area contributed by atoms with Gasteiger partial charge in [0, 0.05) is 18.0 Å². The summed E-state index contributed by atoms with van der Waals surface area (Å²) in [6.45, 7) is 1.49. The largest absolute Gasteiger partial charge is 0.390 e. The predicted octanol–water partition coefficient (Wildman–Crippen LogP) is 2.61. The molecule has 0 saturated heterocycles. The van der Waals surface area contributed by atoms with Gasteiger partial charge in [0.05, 0.1) is 6.42 Å². The first kappa shape index (κ1) is 12.9. The number of nitrogen functional groups attached to an aromatic ring is 1. The van der Waals surface area contributed by atoms with Gasteiger partial charge >= 0.3 is 6.18 Å². The minimum Gasteiger partial charge on any atom is -0.383 e. The number of hydrogen-bond donors (Lipinski definition) is 2. The molecule has 2 rings (SSSR count). The van der Waals surface area contributed by atoms with Gasteiger partial charge in [0.1, 0.15) is 17.5 Å². The fourth-order valence-corrected chi connectivity index (χ4v) is 1.57. The lowest BCUT2D eigenvalue weighted by Crippen LogP contribution is -2.16. The molecule has 1 aliphatic carbocycles. The molecule has 0 bridgehead atoms. The van der Waals surface area contributed by atoms with Gasteiger partial charge in [-0.05, 0) is 19.8 Å². The lowest BCUT2D eigenvalue weighted by atomic mass is 10.2. The van der Waals surface area contributed by atoms with Crippen molar-refractivity contribution < 1.29 is 13.2 Å². The predicted molar refractivity (Wildman–Crippen MR) is 62.3 cm³/mol.